The van der Waals surface area contributed by atoms with Crippen molar-refractivity contribution in [3.8, 4) is 17.6 Å². The minimum absolute atomic E-state index is 0.0925. The summed E-state index contributed by atoms with van der Waals surface area (Å²) in [4.78, 5) is 0. The van der Waals surface area contributed by atoms with Crippen molar-refractivity contribution in [2.75, 3.05) is 13.7 Å². The standard InChI is InChI=1S/C20H24N2O3/c1-14(2)25-18-6-4-5-16(10-18)19(23)13-22-12-15-7-8-20(24-3)17(9-15)11-21/h4-10,14,19,22-23H,12-13H2,1-3H3. The second-order valence-corrected chi connectivity index (χ2v) is 6.03. The molecule has 0 bridgehead atoms. The van der Waals surface area contributed by atoms with Crippen molar-refractivity contribution in [3.05, 3.63) is 59.2 Å². The number of hydrogen-bond donors (Lipinski definition) is 2. The first-order valence-electron chi connectivity index (χ1n) is 8.26. The van der Waals surface area contributed by atoms with Gasteiger partial charge in [-0.05, 0) is 49.2 Å². The van der Waals surface area contributed by atoms with Crippen LogP contribution in [-0.2, 0) is 6.54 Å². The van der Waals surface area contributed by atoms with Crippen LogP contribution in [0.25, 0.3) is 0 Å². The van der Waals surface area contributed by atoms with Gasteiger partial charge in [0.05, 0.1) is 24.9 Å². The third kappa shape index (κ3) is 5.49. The first-order chi connectivity index (χ1) is 12.0. The molecule has 2 rings (SSSR count). The van der Waals surface area contributed by atoms with Crippen LogP contribution in [0.5, 0.6) is 11.5 Å². The molecule has 1 atom stereocenters. The molecule has 5 nitrogen and oxygen atoms in total. The molecule has 0 aromatic heterocycles. The largest absolute Gasteiger partial charge is 0.495 e. The molecule has 0 radical (unpaired) electrons. The molecular weight excluding hydrogens is 316 g/mol. The second-order valence-electron chi connectivity index (χ2n) is 6.03. The molecule has 0 saturated carbocycles. The van der Waals surface area contributed by atoms with Gasteiger partial charge in [-0.15, -0.1) is 0 Å². The summed E-state index contributed by atoms with van der Waals surface area (Å²) in [5.74, 6) is 1.31. The van der Waals surface area contributed by atoms with Gasteiger partial charge in [0, 0.05) is 13.1 Å². The van der Waals surface area contributed by atoms with E-state index in [1.165, 1.54) is 0 Å². The van der Waals surface area contributed by atoms with E-state index in [2.05, 4.69) is 11.4 Å². The summed E-state index contributed by atoms with van der Waals surface area (Å²) in [5.41, 5.74) is 2.26. The Balaban J connectivity index is 1.92. The van der Waals surface area contributed by atoms with Crippen LogP contribution >= 0.6 is 0 Å². The van der Waals surface area contributed by atoms with Gasteiger partial charge in [0.2, 0.25) is 0 Å². The molecule has 2 aromatic rings. The average molecular weight is 340 g/mol. The van der Waals surface area contributed by atoms with Crippen molar-refractivity contribution in [1.29, 1.82) is 5.26 Å². The minimum atomic E-state index is -0.635. The highest BCUT2D eigenvalue weighted by Gasteiger charge is 2.09. The number of methoxy groups -OCH3 is 1. The molecule has 0 spiro atoms. The summed E-state index contributed by atoms with van der Waals surface area (Å²) in [6.45, 7) is 4.89. The fourth-order valence-corrected chi connectivity index (χ4v) is 2.49. The van der Waals surface area contributed by atoms with Gasteiger partial charge in [0.15, 0.2) is 0 Å². The monoisotopic (exact) mass is 340 g/mol. The Morgan fingerprint density at radius 3 is 2.68 bits per heavy atom. The van der Waals surface area contributed by atoms with Crippen LogP contribution in [0.15, 0.2) is 42.5 Å². The van der Waals surface area contributed by atoms with Crippen molar-refractivity contribution >= 4 is 0 Å². The second kappa shape index (κ2) is 9.07. The third-order valence-corrected chi connectivity index (χ3v) is 3.67. The van der Waals surface area contributed by atoms with E-state index >= 15 is 0 Å². The highest BCUT2D eigenvalue weighted by molar-refractivity contribution is 5.45. The molecule has 0 heterocycles. The normalized spacial score (nSPS) is 11.8. The van der Waals surface area contributed by atoms with Gasteiger partial charge in [-0.1, -0.05) is 18.2 Å². The molecule has 0 fully saturated rings. The van der Waals surface area contributed by atoms with Crippen LogP contribution in [0.2, 0.25) is 0 Å². The number of benzene rings is 2. The van der Waals surface area contributed by atoms with Crippen LogP contribution in [-0.4, -0.2) is 24.9 Å². The molecular formula is C20H24N2O3. The lowest BCUT2D eigenvalue weighted by Crippen LogP contribution is -2.21. The summed E-state index contributed by atoms with van der Waals surface area (Å²) in [6, 6.07) is 15.1. The van der Waals surface area contributed by atoms with Gasteiger partial charge < -0.3 is 19.9 Å². The first kappa shape index (κ1) is 18.8. The highest BCUT2D eigenvalue weighted by Crippen LogP contribution is 2.21. The lowest BCUT2D eigenvalue weighted by atomic mass is 10.1. The van der Waals surface area contributed by atoms with Crippen LogP contribution in [0.3, 0.4) is 0 Å². The maximum Gasteiger partial charge on any atom is 0.136 e. The third-order valence-electron chi connectivity index (χ3n) is 3.67. The fraction of sp³-hybridized carbons (Fsp3) is 0.350. The zero-order valence-corrected chi connectivity index (χ0v) is 14.8. The maximum absolute atomic E-state index is 10.3. The predicted octanol–water partition coefficient (Wildman–Crippen LogP) is 3.18. The lowest BCUT2D eigenvalue weighted by molar-refractivity contribution is 0.173. The van der Waals surface area contributed by atoms with E-state index in [0.29, 0.717) is 24.4 Å². The molecule has 0 aliphatic heterocycles. The topological polar surface area (TPSA) is 74.5 Å². The smallest absolute Gasteiger partial charge is 0.136 e. The zero-order chi connectivity index (χ0) is 18.2. The molecule has 0 saturated heterocycles. The van der Waals surface area contributed by atoms with Gasteiger partial charge in [0.1, 0.15) is 17.6 Å². The Hall–Kier alpha value is -2.55. The van der Waals surface area contributed by atoms with Gasteiger partial charge in [-0.3, -0.25) is 0 Å². The number of rotatable bonds is 8. The molecule has 5 heteroatoms. The van der Waals surface area contributed by atoms with E-state index in [0.717, 1.165) is 16.9 Å². The van der Waals surface area contributed by atoms with Crippen LogP contribution in [0.4, 0.5) is 0 Å². The molecule has 1 unspecified atom stereocenters. The molecule has 0 aliphatic carbocycles. The van der Waals surface area contributed by atoms with Crippen LogP contribution in [0.1, 0.15) is 36.6 Å². The first-order valence-corrected chi connectivity index (χ1v) is 8.26. The summed E-state index contributed by atoms with van der Waals surface area (Å²) >= 11 is 0. The maximum atomic E-state index is 10.3. The molecule has 0 amide bonds. The quantitative estimate of drug-likeness (QED) is 0.772. The van der Waals surface area contributed by atoms with Crippen molar-refractivity contribution in [2.45, 2.75) is 32.6 Å². The van der Waals surface area contributed by atoms with E-state index in [9.17, 15) is 5.11 Å². The average Bonchev–Trinajstić information content (AvgIpc) is 2.61. The molecule has 2 aromatic carbocycles. The number of nitrogens with zero attached hydrogens (tertiary/aromatic N) is 1. The molecule has 132 valence electrons. The number of nitriles is 1. The number of aliphatic hydroxyl groups excluding tert-OH is 1. The fourth-order valence-electron chi connectivity index (χ4n) is 2.49. The number of ether oxygens (including phenoxy) is 2. The summed E-state index contributed by atoms with van der Waals surface area (Å²) < 4.78 is 10.8. The van der Waals surface area contributed by atoms with Crippen molar-refractivity contribution in [2.24, 2.45) is 0 Å². The Labute approximate surface area is 148 Å². The number of hydrogen-bond acceptors (Lipinski definition) is 5. The van der Waals surface area contributed by atoms with Crippen molar-refractivity contribution < 1.29 is 14.6 Å². The van der Waals surface area contributed by atoms with Gasteiger partial charge in [0.25, 0.3) is 0 Å². The van der Waals surface area contributed by atoms with Crippen molar-refractivity contribution in [3.63, 3.8) is 0 Å². The Morgan fingerprint density at radius 1 is 1.20 bits per heavy atom. The predicted molar refractivity (Wildman–Crippen MR) is 96.6 cm³/mol. The SMILES string of the molecule is COc1ccc(CNCC(O)c2cccc(OC(C)C)c2)cc1C#N. The van der Waals surface area contributed by atoms with E-state index < -0.39 is 6.10 Å². The molecule has 0 aliphatic rings. The number of nitrogens with one attached hydrogen (secondary N) is 1. The van der Waals surface area contributed by atoms with Gasteiger partial charge >= 0.3 is 0 Å². The van der Waals surface area contributed by atoms with E-state index in [1.54, 1.807) is 19.2 Å². The van der Waals surface area contributed by atoms with E-state index in [1.807, 2.05) is 44.2 Å². The molecule has 25 heavy (non-hydrogen) atoms. The highest BCUT2D eigenvalue weighted by atomic mass is 16.5. The zero-order valence-electron chi connectivity index (χ0n) is 14.8. The lowest BCUT2D eigenvalue weighted by Gasteiger charge is -2.15. The molecule has 2 N–H and O–H groups in total. The van der Waals surface area contributed by atoms with E-state index in [4.69, 9.17) is 14.7 Å². The van der Waals surface area contributed by atoms with Gasteiger partial charge in [-0.25, -0.2) is 0 Å². The van der Waals surface area contributed by atoms with Crippen molar-refractivity contribution in [1.82, 2.24) is 5.32 Å². The Kier molecular flexibility index (Phi) is 6.81. The summed E-state index contributed by atoms with van der Waals surface area (Å²) in [6.07, 6.45) is -0.542. The number of aliphatic hydroxyl groups is 1. The van der Waals surface area contributed by atoms with Gasteiger partial charge in [-0.2, -0.15) is 5.26 Å². The Bertz CT molecular complexity index is 738. The summed E-state index contributed by atoms with van der Waals surface area (Å²) in [5, 5.41) is 22.7. The minimum Gasteiger partial charge on any atom is -0.495 e. The van der Waals surface area contributed by atoms with Crippen LogP contribution in [0, 0.1) is 11.3 Å². The van der Waals surface area contributed by atoms with Crippen LogP contribution < -0.4 is 14.8 Å². The van der Waals surface area contributed by atoms with E-state index in [-0.39, 0.29) is 6.10 Å². The Morgan fingerprint density at radius 2 is 2.00 bits per heavy atom. The summed E-state index contributed by atoms with van der Waals surface area (Å²) in [7, 11) is 1.54.